The number of halogens is 1. The van der Waals surface area contributed by atoms with Crippen LogP contribution in [0.3, 0.4) is 0 Å². The Morgan fingerprint density at radius 1 is 1.55 bits per heavy atom. The highest BCUT2D eigenvalue weighted by Gasteiger charge is 2.29. The summed E-state index contributed by atoms with van der Waals surface area (Å²) in [5, 5.41) is 2.41. The summed E-state index contributed by atoms with van der Waals surface area (Å²) in [5.74, 6) is 0. The molecule has 1 saturated heterocycles. The molecule has 0 saturated carbocycles. The first kappa shape index (κ1) is 10.2. The molecule has 0 bridgehead atoms. The standard InChI is InChI=1S/C5H9FN2O.C2H6/c1-7-5(9)8-2-4(6)3-8;1-2/h4H,2-3H2,1H3,(H,7,9);1-2H3. The van der Waals surface area contributed by atoms with E-state index in [4.69, 9.17) is 0 Å². The van der Waals surface area contributed by atoms with Gasteiger partial charge in [0.15, 0.2) is 0 Å². The summed E-state index contributed by atoms with van der Waals surface area (Å²) in [6.07, 6.45) is -0.803. The van der Waals surface area contributed by atoms with Crippen molar-refractivity contribution >= 4 is 6.03 Å². The van der Waals surface area contributed by atoms with E-state index >= 15 is 0 Å². The fourth-order valence-corrected chi connectivity index (χ4v) is 0.749. The zero-order valence-electron chi connectivity index (χ0n) is 7.22. The molecule has 1 aliphatic rings. The molecule has 2 amide bonds. The number of carbonyl (C=O) groups excluding carboxylic acids is 1. The second-order valence-electron chi connectivity index (χ2n) is 2.06. The number of urea groups is 1. The topological polar surface area (TPSA) is 32.3 Å². The van der Waals surface area contributed by atoms with Crippen molar-refractivity contribution < 1.29 is 9.18 Å². The maximum Gasteiger partial charge on any atom is 0.317 e. The number of alkyl halides is 1. The van der Waals surface area contributed by atoms with E-state index in [1.807, 2.05) is 13.8 Å². The molecule has 4 heteroatoms. The van der Waals surface area contributed by atoms with Crippen molar-refractivity contribution in [3.05, 3.63) is 0 Å². The Bertz CT molecular complexity index is 124. The third kappa shape index (κ3) is 2.74. The van der Waals surface area contributed by atoms with Gasteiger partial charge >= 0.3 is 6.03 Å². The van der Waals surface area contributed by atoms with Gasteiger partial charge in [0.05, 0.1) is 13.1 Å². The Morgan fingerprint density at radius 2 is 2.00 bits per heavy atom. The summed E-state index contributed by atoms with van der Waals surface area (Å²) in [5.41, 5.74) is 0. The molecule has 1 rings (SSSR count). The Kier molecular flexibility index (Phi) is 4.57. The fraction of sp³-hybridized carbons (Fsp3) is 0.857. The molecule has 0 aromatic heterocycles. The van der Waals surface area contributed by atoms with Crippen molar-refractivity contribution in [3.63, 3.8) is 0 Å². The fourth-order valence-electron chi connectivity index (χ4n) is 0.749. The number of hydrogen-bond acceptors (Lipinski definition) is 1. The van der Waals surface area contributed by atoms with Crippen LogP contribution in [0.25, 0.3) is 0 Å². The van der Waals surface area contributed by atoms with Crippen LogP contribution >= 0.6 is 0 Å². The molecule has 0 aromatic rings. The summed E-state index contributed by atoms with van der Waals surface area (Å²) in [6, 6.07) is -0.191. The van der Waals surface area contributed by atoms with Gasteiger partial charge in [-0.15, -0.1) is 0 Å². The summed E-state index contributed by atoms with van der Waals surface area (Å²) in [7, 11) is 1.54. The minimum atomic E-state index is -0.803. The Hall–Kier alpha value is -0.800. The van der Waals surface area contributed by atoms with Gasteiger partial charge < -0.3 is 10.2 Å². The van der Waals surface area contributed by atoms with E-state index in [1.54, 1.807) is 0 Å². The molecule has 0 aromatic carbocycles. The van der Waals surface area contributed by atoms with Gasteiger partial charge in [0.2, 0.25) is 0 Å². The number of nitrogens with one attached hydrogen (secondary N) is 1. The van der Waals surface area contributed by atoms with Gasteiger partial charge in [0.1, 0.15) is 6.17 Å². The molecule has 0 unspecified atom stereocenters. The van der Waals surface area contributed by atoms with Gasteiger partial charge in [0, 0.05) is 7.05 Å². The molecule has 0 aliphatic carbocycles. The van der Waals surface area contributed by atoms with Crippen LogP contribution in [0, 0.1) is 0 Å². The summed E-state index contributed by atoms with van der Waals surface area (Å²) in [6.45, 7) is 4.50. The number of amides is 2. The lowest BCUT2D eigenvalue weighted by Crippen LogP contribution is -2.54. The van der Waals surface area contributed by atoms with Crippen molar-refractivity contribution in [2.24, 2.45) is 0 Å². The third-order valence-corrected chi connectivity index (χ3v) is 1.34. The number of nitrogens with zero attached hydrogens (tertiary/aromatic N) is 1. The first-order valence-electron chi connectivity index (χ1n) is 3.84. The number of hydrogen-bond donors (Lipinski definition) is 1. The molecule has 1 heterocycles. The van der Waals surface area contributed by atoms with Crippen molar-refractivity contribution in [1.82, 2.24) is 10.2 Å². The lowest BCUT2D eigenvalue weighted by Gasteiger charge is -2.33. The highest BCUT2D eigenvalue weighted by atomic mass is 19.1. The maximum atomic E-state index is 12.0. The molecule has 1 N–H and O–H groups in total. The molecular formula is C7H15FN2O. The van der Waals surface area contributed by atoms with Crippen LogP contribution in [0.1, 0.15) is 13.8 Å². The van der Waals surface area contributed by atoms with E-state index in [9.17, 15) is 9.18 Å². The van der Waals surface area contributed by atoms with Gasteiger partial charge in [-0.3, -0.25) is 0 Å². The van der Waals surface area contributed by atoms with Crippen LogP contribution in [0.2, 0.25) is 0 Å². The lowest BCUT2D eigenvalue weighted by atomic mass is 10.2. The van der Waals surface area contributed by atoms with Gasteiger partial charge in [-0.05, 0) is 0 Å². The first-order valence-corrected chi connectivity index (χ1v) is 3.84. The van der Waals surface area contributed by atoms with Crippen molar-refractivity contribution in [2.45, 2.75) is 20.0 Å². The van der Waals surface area contributed by atoms with Gasteiger partial charge in [0.25, 0.3) is 0 Å². The number of likely N-dealkylation sites (tertiary alicyclic amines) is 1. The summed E-state index contributed by atoms with van der Waals surface area (Å²) < 4.78 is 12.0. The third-order valence-electron chi connectivity index (χ3n) is 1.34. The van der Waals surface area contributed by atoms with Crippen molar-refractivity contribution in [3.8, 4) is 0 Å². The summed E-state index contributed by atoms with van der Waals surface area (Å²) in [4.78, 5) is 12.0. The predicted octanol–water partition coefficient (Wildman–Crippen LogP) is 1.01. The summed E-state index contributed by atoms with van der Waals surface area (Å²) >= 11 is 0. The largest absolute Gasteiger partial charge is 0.341 e. The molecule has 0 spiro atoms. The Morgan fingerprint density at radius 3 is 2.27 bits per heavy atom. The molecule has 3 nitrogen and oxygen atoms in total. The molecule has 1 aliphatic heterocycles. The van der Waals surface area contributed by atoms with Crippen molar-refractivity contribution in [1.29, 1.82) is 0 Å². The SMILES string of the molecule is CC.CNC(=O)N1CC(F)C1. The molecule has 66 valence electrons. The predicted molar refractivity (Wildman–Crippen MR) is 42.3 cm³/mol. The van der Waals surface area contributed by atoms with Crippen LogP contribution in [0.4, 0.5) is 9.18 Å². The quantitative estimate of drug-likeness (QED) is 0.566. The smallest absolute Gasteiger partial charge is 0.317 e. The first-order chi connectivity index (χ1) is 5.24. The molecule has 0 atom stereocenters. The average molecular weight is 162 g/mol. The van der Waals surface area contributed by atoms with Crippen LogP contribution in [-0.2, 0) is 0 Å². The molecule has 0 radical (unpaired) electrons. The Labute approximate surface area is 66.6 Å². The minimum absolute atomic E-state index is 0.191. The van der Waals surface area contributed by atoms with Crippen LogP contribution in [0.5, 0.6) is 0 Å². The molecular weight excluding hydrogens is 147 g/mol. The van der Waals surface area contributed by atoms with E-state index in [0.29, 0.717) is 0 Å². The zero-order valence-corrected chi connectivity index (χ0v) is 7.22. The Balaban J connectivity index is 0.000000461. The van der Waals surface area contributed by atoms with Crippen LogP contribution in [-0.4, -0.2) is 37.2 Å². The zero-order chi connectivity index (χ0) is 8.85. The van der Waals surface area contributed by atoms with Crippen molar-refractivity contribution in [2.75, 3.05) is 20.1 Å². The maximum absolute atomic E-state index is 12.0. The minimum Gasteiger partial charge on any atom is -0.341 e. The normalized spacial score (nSPS) is 16.2. The van der Waals surface area contributed by atoms with Gasteiger partial charge in [-0.2, -0.15) is 0 Å². The molecule has 1 fully saturated rings. The average Bonchev–Trinajstić information content (AvgIpc) is 2.01. The number of rotatable bonds is 0. The number of carbonyl (C=O) groups is 1. The highest BCUT2D eigenvalue weighted by Crippen LogP contribution is 2.09. The van der Waals surface area contributed by atoms with E-state index in [-0.39, 0.29) is 19.1 Å². The molecule has 11 heavy (non-hydrogen) atoms. The van der Waals surface area contributed by atoms with Gasteiger partial charge in [-0.1, -0.05) is 13.8 Å². The lowest BCUT2D eigenvalue weighted by molar-refractivity contribution is 0.0910. The monoisotopic (exact) mass is 162 g/mol. The van der Waals surface area contributed by atoms with Crippen LogP contribution in [0.15, 0.2) is 0 Å². The van der Waals surface area contributed by atoms with E-state index in [1.165, 1.54) is 11.9 Å². The van der Waals surface area contributed by atoms with E-state index < -0.39 is 6.17 Å². The second-order valence-corrected chi connectivity index (χ2v) is 2.06. The van der Waals surface area contributed by atoms with Crippen LogP contribution < -0.4 is 5.32 Å². The van der Waals surface area contributed by atoms with Gasteiger partial charge in [-0.25, -0.2) is 9.18 Å². The van der Waals surface area contributed by atoms with E-state index in [0.717, 1.165) is 0 Å². The second kappa shape index (κ2) is 4.93. The van der Waals surface area contributed by atoms with E-state index in [2.05, 4.69) is 5.32 Å². The highest BCUT2D eigenvalue weighted by molar-refractivity contribution is 5.74.